The normalized spacial score (nSPS) is 20.4. The van der Waals surface area contributed by atoms with Gasteiger partial charge in [0.05, 0.1) is 17.2 Å². The largest absolute Gasteiger partial charge is 0.481 e. The van der Waals surface area contributed by atoms with E-state index in [0.717, 1.165) is 22.5 Å². The minimum Gasteiger partial charge on any atom is -0.481 e. The van der Waals surface area contributed by atoms with Crippen molar-refractivity contribution in [3.05, 3.63) is 35.4 Å². The van der Waals surface area contributed by atoms with Crippen LogP contribution in [0.3, 0.4) is 0 Å². The second-order valence-electron chi connectivity index (χ2n) is 5.49. The van der Waals surface area contributed by atoms with Crippen molar-refractivity contribution in [2.45, 2.75) is 24.8 Å². The van der Waals surface area contributed by atoms with E-state index in [0.29, 0.717) is 12.8 Å². The summed E-state index contributed by atoms with van der Waals surface area (Å²) < 4.78 is 63.7. The molecular formula is C14H16F3NO4S. The number of hydrogen-bond donors (Lipinski definition) is 1. The smallest absolute Gasteiger partial charge is 0.416 e. The summed E-state index contributed by atoms with van der Waals surface area (Å²) in [5, 5.41) is 8.99. The standard InChI is InChI=1S/C14H16F3NO4S/c15-14(16,17)12-5-1-3-10(7-12)9-23(21,22)18-6-2-4-11(8-18)13(19)20/h1,3,5,7,11H,2,4,6,8-9H2,(H,19,20). The molecule has 128 valence electrons. The molecule has 1 N–H and O–H groups in total. The van der Waals surface area contributed by atoms with Crippen molar-refractivity contribution in [1.82, 2.24) is 4.31 Å². The second-order valence-corrected chi connectivity index (χ2v) is 7.46. The van der Waals surface area contributed by atoms with E-state index in [1.54, 1.807) is 0 Å². The van der Waals surface area contributed by atoms with Crippen LogP contribution in [0, 0.1) is 5.92 Å². The van der Waals surface area contributed by atoms with Crippen molar-refractivity contribution in [2.24, 2.45) is 5.92 Å². The maximum absolute atomic E-state index is 12.7. The molecule has 0 radical (unpaired) electrons. The van der Waals surface area contributed by atoms with E-state index in [9.17, 15) is 26.4 Å². The zero-order chi connectivity index (χ0) is 17.3. The zero-order valence-corrected chi connectivity index (χ0v) is 12.9. The summed E-state index contributed by atoms with van der Waals surface area (Å²) in [5.74, 6) is -2.42. The van der Waals surface area contributed by atoms with Gasteiger partial charge in [0.15, 0.2) is 0 Å². The number of alkyl halides is 3. The summed E-state index contributed by atoms with van der Waals surface area (Å²) in [4.78, 5) is 11.0. The first kappa shape index (κ1) is 17.7. The van der Waals surface area contributed by atoms with E-state index in [2.05, 4.69) is 0 Å². The Labute approximate surface area is 131 Å². The minimum atomic E-state index is -4.54. The third-order valence-electron chi connectivity index (χ3n) is 3.73. The van der Waals surface area contributed by atoms with Crippen LogP contribution in [-0.4, -0.2) is 36.9 Å². The number of sulfonamides is 1. The van der Waals surface area contributed by atoms with Crippen LogP contribution in [0.4, 0.5) is 13.2 Å². The third-order valence-corrected chi connectivity index (χ3v) is 5.55. The molecule has 1 heterocycles. The summed E-state index contributed by atoms with van der Waals surface area (Å²) in [7, 11) is -3.86. The van der Waals surface area contributed by atoms with Gasteiger partial charge in [-0.15, -0.1) is 0 Å². The van der Waals surface area contributed by atoms with Crippen molar-refractivity contribution in [3.8, 4) is 0 Å². The summed E-state index contributed by atoms with van der Waals surface area (Å²) in [6.45, 7) is 0.0434. The SMILES string of the molecule is O=C(O)C1CCCN(S(=O)(=O)Cc2cccc(C(F)(F)F)c2)C1. The van der Waals surface area contributed by atoms with Crippen LogP contribution in [0.2, 0.25) is 0 Å². The molecule has 23 heavy (non-hydrogen) atoms. The number of aliphatic carboxylic acids is 1. The fourth-order valence-corrected chi connectivity index (χ4v) is 4.13. The number of piperidine rings is 1. The lowest BCUT2D eigenvalue weighted by Gasteiger charge is -2.29. The average molecular weight is 351 g/mol. The first-order valence-electron chi connectivity index (χ1n) is 6.96. The van der Waals surface area contributed by atoms with Crippen LogP contribution in [0.15, 0.2) is 24.3 Å². The molecule has 1 fully saturated rings. The lowest BCUT2D eigenvalue weighted by Crippen LogP contribution is -2.42. The average Bonchev–Trinajstić information content (AvgIpc) is 2.46. The first-order valence-corrected chi connectivity index (χ1v) is 8.57. The summed E-state index contributed by atoms with van der Waals surface area (Å²) in [6, 6.07) is 4.14. The van der Waals surface area contributed by atoms with Gasteiger partial charge in [-0.3, -0.25) is 4.79 Å². The molecule has 1 aliphatic heterocycles. The van der Waals surface area contributed by atoms with E-state index in [1.165, 1.54) is 6.07 Å². The van der Waals surface area contributed by atoms with Crippen LogP contribution in [0.5, 0.6) is 0 Å². The number of carboxylic acid groups (broad SMARTS) is 1. The predicted molar refractivity (Wildman–Crippen MR) is 76.0 cm³/mol. The molecule has 5 nitrogen and oxygen atoms in total. The van der Waals surface area contributed by atoms with E-state index in [1.807, 2.05) is 0 Å². The van der Waals surface area contributed by atoms with Gasteiger partial charge in [-0.2, -0.15) is 13.2 Å². The van der Waals surface area contributed by atoms with Gasteiger partial charge in [0.2, 0.25) is 10.0 Å². The van der Waals surface area contributed by atoms with E-state index in [4.69, 9.17) is 5.11 Å². The summed E-state index contributed by atoms with van der Waals surface area (Å²) in [6.07, 6.45) is -3.73. The number of benzene rings is 1. The van der Waals surface area contributed by atoms with Gasteiger partial charge in [-0.25, -0.2) is 12.7 Å². The van der Waals surface area contributed by atoms with Gasteiger partial charge in [0.1, 0.15) is 0 Å². The zero-order valence-electron chi connectivity index (χ0n) is 12.1. The molecule has 0 amide bonds. The Morgan fingerprint density at radius 3 is 2.65 bits per heavy atom. The molecule has 0 aliphatic carbocycles. The van der Waals surface area contributed by atoms with Gasteiger partial charge < -0.3 is 5.11 Å². The first-order chi connectivity index (χ1) is 10.6. The molecule has 9 heteroatoms. The van der Waals surface area contributed by atoms with Crippen LogP contribution < -0.4 is 0 Å². The van der Waals surface area contributed by atoms with E-state index < -0.39 is 39.4 Å². The fourth-order valence-electron chi connectivity index (χ4n) is 2.54. The lowest BCUT2D eigenvalue weighted by atomic mass is 10.0. The third kappa shape index (κ3) is 4.44. The molecule has 0 bridgehead atoms. The Morgan fingerprint density at radius 1 is 1.35 bits per heavy atom. The van der Waals surface area contributed by atoms with Gasteiger partial charge in [-0.1, -0.05) is 18.2 Å². The number of halogens is 3. The lowest BCUT2D eigenvalue weighted by molar-refractivity contribution is -0.143. The highest BCUT2D eigenvalue weighted by molar-refractivity contribution is 7.88. The van der Waals surface area contributed by atoms with Crippen molar-refractivity contribution >= 4 is 16.0 Å². The van der Waals surface area contributed by atoms with Gasteiger partial charge in [0.25, 0.3) is 0 Å². The van der Waals surface area contributed by atoms with E-state index in [-0.39, 0.29) is 18.7 Å². The molecule has 1 unspecified atom stereocenters. The van der Waals surface area contributed by atoms with E-state index >= 15 is 0 Å². The number of carboxylic acids is 1. The number of hydrogen-bond acceptors (Lipinski definition) is 3. The van der Waals surface area contributed by atoms with Crippen LogP contribution in [0.1, 0.15) is 24.0 Å². The Balaban J connectivity index is 2.17. The van der Waals surface area contributed by atoms with Crippen molar-refractivity contribution < 1.29 is 31.5 Å². The van der Waals surface area contributed by atoms with Crippen molar-refractivity contribution in [2.75, 3.05) is 13.1 Å². The quantitative estimate of drug-likeness (QED) is 0.903. The monoisotopic (exact) mass is 351 g/mol. The maximum Gasteiger partial charge on any atom is 0.416 e. The Morgan fingerprint density at radius 2 is 2.04 bits per heavy atom. The molecule has 0 aromatic heterocycles. The van der Waals surface area contributed by atoms with Crippen LogP contribution in [-0.2, 0) is 26.7 Å². The molecule has 0 saturated carbocycles. The van der Waals surface area contributed by atoms with Gasteiger partial charge >= 0.3 is 12.1 Å². The molecule has 1 aromatic rings. The molecule has 1 atom stereocenters. The predicted octanol–water partition coefficient (Wildman–Crippen LogP) is 2.33. The highest BCUT2D eigenvalue weighted by Crippen LogP contribution is 2.30. The van der Waals surface area contributed by atoms with Gasteiger partial charge in [-0.05, 0) is 24.5 Å². The maximum atomic E-state index is 12.7. The Bertz CT molecular complexity index is 688. The second kappa shape index (κ2) is 6.48. The van der Waals surface area contributed by atoms with Crippen molar-refractivity contribution in [1.29, 1.82) is 0 Å². The highest BCUT2D eigenvalue weighted by atomic mass is 32.2. The molecule has 0 spiro atoms. The Kier molecular flexibility index (Phi) is 5.00. The minimum absolute atomic E-state index is 0.0253. The summed E-state index contributed by atoms with van der Waals surface area (Å²) >= 11 is 0. The van der Waals surface area contributed by atoms with Crippen LogP contribution in [0.25, 0.3) is 0 Å². The molecule has 1 aliphatic rings. The highest BCUT2D eigenvalue weighted by Gasteiger charge is 2.33. The molecule has 1 aromatic carbocycles. The molecule has 2 rings (SSSR count). The fraction of sp³-hybridized carbons (Fsp3) is 0.500. The number of nitrogens with zero attached hydrogens (tertiary/aromatic N) is 1. The van der Waals surface area contributed by atoms with Gasteiger partial charge in [0, 0.05) is 13.1 Å². The van der Waals surface area contributed by atoms with Crippen molar-refractivity contribution in [3.63, 3.8) is 0 Å². The topological polar surface area (TPSA) is 74.7 Å². The summed E-state index contributed by atoms with van der Waals surface area (Å²) in [5.41, 5.74) is -0.885. The number of rotatable bonds is 4. The van der Waals surface area contributed by atoms with Crippen LogP contribution >= 0.6 is 0 Å². The molecular weight excluding hydrogens is 335 g/mol. The molecule has 1 saturated heterocycles. The Hall–Kier alpha value is -1.61. The number of carbonyl (C=O) groups is 1.